The minimum Gasteiger partial charge on any atom is -0.381 e. The molecule has 0 unspecified atom stereocenters. The summed E-state index contributed by atoms with van der Waals surface area (Å²) >= 11 is 0. The van der Waals surface area contributed by atoms with Crippen LogP contribution in [0, 0.1) is 5.92 Å². The maximum absolute atomic E-state index is 12.7. The van der Waals surface area contributed by atoms with Crippen molar-refractivity contribution >= 4 is 11.6 Å². The molecule has 1 amide bonds. The second-order valence-electron chi connectivity index (χ2n) is 5.18. The minimum absolute atomic E-state index is 0.125. The van der Waals surface area contributed by atoms with Crippen LogP contribution in [0.2, 0.25) is 0 Å². The first kappa shape index (κ1) is 12.6. The molecule has 0 radical (unpaired) electrons. The number of rotatable bonds is 1. The number of carbonyl (C=O) groups is 1. The zero-order valence-electron chi connectivity index (χ0n) is 11.1. The van der Waals surface area contributed by atoms with E-state index in [0.29, 0.717) is 13.2 Å². The highest BCUT2D eigenvalue weighted by molar-refractivity contribution is 5.96. The third-order valence-electron chi connectivity index (χ3n) is 3.95. The van der Waals surface area contributed by atoms with Crippen LogP contribution in [0.4, 0.5) is 5.69 Å². The topological polar surface area (TPSA) is 41.6 Å². The summed E-state index contributed by atoms with van der Waals surface area (Å²) in [6.45, 7) is 3.87. The molecule has 2 aliphatic heterocycles. The standard InChI is InChI=1S/C15H20N2O2/c18-15(12-5-9-19-10-6-12)17-8-7-16-11-13-3-1-2-4-14(13)17/h1-4,12,16H,5-11H2. The van der Waals surface area contributed by atoms with E-state index >= 15 is 0 Å². The smallest absolute Gasteiger partial charge is 0.230 e. The number of amides is 1. The Kier molecular flexibility index (Phi) is 3.80. The van der Waals surface area contributed by atoms with Gasteiger partial charge in [-0.3, -0.25) is 4.79 Å². The summed E-state index contributed by atoms with van der Waals surface area (Å²) in [6, 6.07) is 8.19. The van der Waals surface area contributed by atoms with Gasteiger partial charge in [0.25, 0.3) is 0 Å². The largest absolute Gasteiger partial charge is 0.381 e. The van der Waals surface area contributed by atoms with Gasteiger partial charge in [-0.1, -0.05) is 18.2 Å². The molecular weight excluding hydrogens is 240 g/mol. The Bertz CT molecular complexity index is 455. The summed E-state index contributed by atoms with van der Waals surface area (Å²) in [4.78, 5) is 14.7. The van der Waals surface area contributed by atoms with Crippen LogP contribution in [0.1, 0.15) is 18.4 Å². The van der Waals surface area contributed by atoms with Crippen LogP contribution in [0.25, 0.3) is 0 Å². The highest BCUT2D eigenvalue weighted by atomic mass is 16.5. The lowest BCUT2D eigenvalue weighted by Crippen LogP contribution is -2.40. The third kappa shape index (κ3) is 2.65. The Labute approximate surface area is 113 Å². The second-order valence-corrected chi connectivity index (χ2v) is 5.18. The van der Waals surface area contributed by atoms with Gasteiger partial charge in [0.15, 0.2) is 0 Å². The van der Waals surface area contributed by atoms with Crippen LogP contribution >= 0.6 is 0 Å². The summed E-state index contributed by atoms with van der Waals surface area (Å²) in [7, 11) is 0. The van der Waals surface area contributed by atoms with Crippen molar-refractivity contribution in [3.05, 3.63) is 29.8 Å². The predicted octanol–water partition coefficient (Wildman–Crippen LogP) is 1.55. The van der Waals surface area contributed by atoms with Crippen LogP contribution < -0.4 is 10.2 Å². The van der Waals surface area contributed by atoms with E-state index in [9.17, 15) is 4.79 Å². The summed E-state index contributed by atoms with van der Waals surface area (Å²) in [5.74, 6) is 0.388. The van der Waals surface area contributed by atoms with Crippen molar-refractivity contribution in [2.24, 2.45) is 5.92 Å². The van der Waals surface area contributed by atoms with Gasteiger partial charge in [0.05, 0.1) is 0 Å². The number of benzene rings is 1. The van der Waals surface area contributed by atoms with E-state index < -0.39 is 0 Å². The molecule has 0 bridgehead atoms. The number of fused-ring (bicyclic) bond motifs is 1. The summed E-state index contributed by atoms with van der Waals surface area (Å²) in [6.07, 6.45) is 1.70. The van der Waals surface area contributed by atoms with Crippen LogP contribution in [-0.2, 0) is 16.1 Å². The summed E-state index contributed by atoms with van der Waals surface area (Å²) < 4.78 is 5.35. The molecule has 102 valence electrons. The van der Waals surface area contributed by atoms with Crippen LogP contribution in [0.5, 0.6) is 0 Å². The van der Waals surface area contributed by atoms with Crippen LogP contribution in [-0.4, -0.2) is 32.2 Å². The minimum atomic E-state index is 0.125. The lowest BCUT2D eigenvalue weighted by Gasteiger charge is -2.29. The molecule has 1 N–H and O–H groups in total. The molecule has 2 heterocycles. The lowest BCUT2D eigenvalue weighted by atomic mass is 9.98. The molecule has 3 rings (SSSR count). The molecular formula is C15H20N2O2. The number of hydrogen-bond acceptors (Lipinski definition) is 3. The molecule has 0 aromatic heterocycles. The molecule has 19 heavy (non-hydrogen) atoms. The fourth-order valence-corrected chi connectivity index (χ4v) is 2.85. The molecule has 0 atom stereocenters. The fraction of sp³-hybridized carbons (Fsp3) is 0.533. The Balaban J connectivity index is 1.84. The molecule has 0 aliphatic carbocycles. The molecule has 2 aliphatic rings. The number of ether oxygens (including phenoxy) is 1. The van der Waals surface area contributed by atoms with Gasteiger partial charge in [-0.05, 0) is 24.5 Å². The number of nitrogens with one attached hydrogen (secondary N) is 1. The molecule has 4 heteroatoms. The Morgan fingerprint density at radius 2 is 2.05 bits per heavy atom. The van der Waals surface area contributed by atoms with Crippen molar-refractivity contribution < 1.29 is 9.53 Å². The Hall–Kier alpha value is -1.39. The molecule has 4 nitrogen and oxygen atoms in total. The Morgan fingerprint density at radius 3 is 2.89 bits per heavy atom. The number of hydrogen-bond donors (Lipinski definition) is 1. The van der Waals surface area contributed by atoms with Gasteiger partial charge in [-0.2, -0.15) is 0 Å². The second kappa shape index (κ2) is 5.72. The van der Waals surface area contributed by atoms with E-state index in [1.165, 1.54) is 5.56 Å². The highest BCUT2D eigenvalue weighted by Crippen LogP contribution is 2.26. The van der Waals surface area contributed by atoms with Crippen molar-refractivity contribution in [1.29, 1.82) is 0 Å². The van der Waals surface area contributed by atoms with Gasteiger partial charge in [-0.25, -0.2) is 0 Å². The molecule has 1 aromatic rings. The monoisotopic (exact) mass is 260 g/mol. The molecule has 1 aromatic carbocycles. The zero-order valence-corrected chi connectivity index (χ0v) is 11.1. The van der Waals surface area contributed by atoms with Crippen LogP contribution in [0.15, 0.2) is 24.3 Å². The van der Waals surface area contributed by atoms with E-state index in [1.54, 1.807) is 0 Å². The van der Waals surface area contributed by atoms with Crippen LogP contribution in [0.3, 0.4) is 0 Å². The first-order chi connectivity index (χ1) is 9.36. The molecule has 0 spiro atoms. The molecule has 1 fully saturated rings. The number of nitrogens with zero attached hydrogens (tertiary/aromatic N) is 1. The van der Waals surface area contributed by atoms with E-state index in [4.69, 9.17) is 4.74 Å². The first-order valence-electron chi connectivity index (χ1n) is 7.04. The van der Waals surface area contributed by atoms with E-state index in [1.807, 2.05) is 17.0 Å². The SMILES string of the molecule is O=C(C1CCOCC1)N1CCNCc2ccccc21. The first-order valence-corrected chi connectivity index (χ1v) is 7.04. The summed E-state index contributed by atoms with van der Waals surface area (Å²) in [5.41, 5.74) is 2.28. The summed E-state index contributed by atoms with van der Waals surface area (Å²) in [5, 5.41) is 3.37. The average Bonchev–Trinajstić information content (AvgIpc) is 2.70. The molecule has 0 saturated carbocycles. The Morgan fingerprint density at radius 1 is 1.26 bits per heavy atom. The van der Waals surface area contributed by atoms with Gasteiger partial charge in [0, 0.05) is 44.5 Å². The predicted molar refractivity (Wildman–Crippen MR) is 74.0 cm³/mol. The van der Waals surface area contributed by atoms with Crippen molar-refractivity contribution in [3.63, 3.8) is 0 Å². The van der Waals surface area contributed by atoms with Crippen molar-refractivity contribution in [3.8, 4) is 0 Å². The maximum atomic E-state index is 12.7. The van der Waals surface area contributed by atoms with E-state index in [-0.39, 0.29) is 11.8 Å². The van der Waals surface area contributed by atoms with Crippen molar-refractivity contribution in [2.75, 3.05) is 31.2 Å². The molecule has 1 saturated heterocycles. The number of para-hydroxylation sites is 1. The van der Waals surface area contributed by atoms with Gasteiger partial charge in [-0.15, -0.1) is 0 Å². The van der Waals surface area contributed by atoms with E-state index in [0.717, 1.165) is 38.2 Å². The average molecular weight is 260 g/mol. The maximum Gasteiger partial charge on any atom is 0.230 e. The fourth-order valence-electron chi connectivity index (χ4n) is 2.85. The van der Waals surface area contributed by atoms with Gasteiger partial charge in [0.1, 0.15) is 0 Å². The van der Waals surface area contributed by atoms with Gasteiger partial charge in [0.2, 0.25) is 5.91 Å². The highest BCUT2D eigenvalue weighted by Gasteiger charge is 2.28. The van der Waals surface area contributed by atoms with Crippen molar-refractivity contribution in [1.82, 2.24) is 5.32 Å². The van der Waals surface area contributed by atoms with Gasteiger partial charge >= 0.3 is 0 Å². The normalized spacial score (nSPS) is 20.7. The zero-order chi connectivity index (χ0) is 13.1. The van der Waals surface area contributed by atoms with E-state index in [2.05, 4.69) is 17.4 Å². The lowest BCUT2D eigenvalue weighted by molar-refractivity contribution is -0.125. The number of anilines is 1. The quantitative estimate of drug-likeness (QED) is 0.833. The van der Waals surface area contributed by atoms with Gasteiger partial charge < -0.3 is 15.0 Å². The number of carbonyl (C=O) groups excluding carboxylic acids is 1. The van der Waals surface area contributed by atoms with Crippen molar-refractivity contribution in [2.45, 2.75) is 19.4 Å². The third-order valence-corrected chi connectivity index (χ3v) is 3.95.